The van der Waals surface area contributed by atoms with Crippen molar-refractivity contribution in [3.8, 4) is 0 Å². The number of likely N-dealkylation sites (N-methyl/N-ethyl adjacent to an activating group) is 1. The summed E-state index contributed by atoms with van der Waals surface area (Å²) in [6.07, 6.45) is 5.62. The third kappa shape index (κ3) is 4.87. The first-order chi connectivity index (χ1) is 11.7. The van der Waals surface area contributed by atoms with Gasteiger partial charge in [-0.2, -0.15) is 5.10 Å². The van der Waals surface area contributed by atoms with Crippen LogP contribution in [0.2, 0.25) is 0 Å². The van der Waals surface area contributed by atoms with Gasteiger partial charge in [-0.25, -0.2) is 0 Å². The Morgan fingerprint density at radius 3 is 2.79 bits per heavy atom. The monoisotopic (exact) mass is 329 g/mol. The van der Waals surface area contributed by atoms with Crippen LogP contribution in [-0.2, 0) is 24.4 Å². The average Bonchev–Trinajstić information content (AvgIpc) is 2.92. The normalized spacial score (nSPS) is 18.5. The summed E-state index contributed by atoms with van der Waals surface area (Å²) >= 11 is 0. The van der Waals surface area contributed by atoms with Crippen molar-refractivity contribution in [2.45, 2.75) is 19.6 Å². The molecule has 0 saturated heterocycles. The summed E-state index contributed by atoms with van der Waals surface area (Å²) in [5, 5.41) is 4.48. The molecule has 0 fully saturated rings. The molecule has 1 unspecified atom stereocenters. The molecule has 0 bridgehead atoms. The SMILES string of the molecule is CN(C)CCOCC1CN(Cc2ccncc2)Cc2ccnn2C1. The minimum absolute atomic E-state index is 0.454. The maximum atomic E-state index is 5.91. The number of nitrogens with zero attached hydrogens (tertiary/aromatic N) is 5. The second kappa shape index (κ2) is 8.37. The van der Waals surface area contributed by atoms with E-state index in [0.717, 1.165) is 45.9 Å². The smallest absolute Gasteiger partial charge is 0.0593 e. The fourth-order valence-corrected chi connectivity index (χ4v) is 3.09. The van der Waals surface area contributed by atoms with Crippen LogP contribution in [0.5, 0.6) is 0 Å². The van der Waals surface area contributed by atoms with Gasteiger partial charge in [0.2, 0.25) is 0 Å². The Labute approximate surface area is 144 Å². The van der Waals surface area contributed by atoms with Crippen molar-refractivity contribution in [1.82, 2.24) is 24.6 Å². The summed E-state index contributed by atoms with van der Waals surface area (Å²) < 4.78 is 8.04. The molecule has 2 aromatic heterocycles. The van der Waals surface area contributed by atoms with Gasteiger partial charge in [0.25, 0.3) is 0 Å². The van der Waals surface area contributed by atoms with E-state index in [1.165, 1.54) is 11.3 Å². The maximum Gasteiger partial charge on any atom is 0.0593 e. The number of fused-ring (bicyclic) bond motifs is 1. The fourth-order valence-electron chi connectivity index (χ4n) is 3.09. The minimum atomic E-state index is 0.454. The van der Waals surface area contributed by atoms with Crippen molar-refractivity contribution in [3.63, 3.8) is 0 Å². The van der Waals surface area contributed by atoms with Gasteiger partial charge < -0.3 is 9.64 Å². The highest BCUT2D eigenvalue weighted by Gasteiger charge is 2.22. The molecule has 0 saturated carbocycles. The molecule has 0 N–H and O–H groups in total. The highest BCUT2D eigenvalue weighted by atomic mass is 16.5. The summed E-state index contributed by atoms with van der Waals surface area (Å²) in [4.78, 5) is 8.74. The molecule has 0 aliphatic carbocycles. The van der Waals surface area contributed by atoms with Gasteiger partial charge in [-0.1, -0.05) is 0 Å². The molecular formula is C18H27N5O. The molecule has 6 heteroatoms. The quantitative estimate of drug-likeness (QED) is 0.720. The molecule has 130 valence electrons. The molecule has 6 nitrogen and oxygen atoms in total. The zero-order valence-corrected chi connectivity index (χ0v) is 14.6. The van der Waals surface area contributed by atoms with Gasteiger partial charge in [-0.05, 0) is 37.9 Å². The Morgan fingerprint density at radius 1 is 1.17 bits per heavy atom. The Morgan fingerprint density at radius 2 is 2.00 bits per heavy atom. The molecule has 1 atom stereocenters. The lowest BCUT2D eigenvalue weighted by Gasteiger charge is -2.24. The van der Waals surface area contributed by atoms with Crippen LogP contribution in [0.3, 0.4) is 0 Å². The predicted octanol–water partition coefficient (Wildman–Crippen LogP) is 1.49. The third-order valence-electron chi connectivity index (χ3n) is 4.33. The van der Waals surface area contributed by atoms with E-state index >= 15 is 0 Å². The largest absolute Gasteiger partial charge is 0.380 e. The molecule has 3 heterocycles. The number of hydrogen-bond donors (Lipinski definition) is 0. The highest BCUT2D eigenvalue weighted by molar-refractivity contribution is 5.10. The first-order valence-corrected chi connectivity index (χ1v) is 8.55. The Bertz CT molecular complexity index is 613. The van der Waals surface area contributed by atoms with Crippen LogP contribution in [0.1, 0.15) is 11.3 Å². The second-order valence-corrected chi connectivity index (χ2v) is 6.77. The molecule has 1 aliphatic heterocycles. The van der Waals surface area contributed by atoms with Crippen molar-refractivity contribution in [1.29, 1.82) is 0 Å². The van der Waals surface area contributed by atoms with E-state index in [0.29, 0.717) is 5.92 Å². The van der Waals surface area contributed by atoms with E-state index in [2.05, 4.69) is 56.9 Å². The summed E-state index contributed by atoms with van der Waals surface area (Å²) in [6.45, 7) is 6.32. The summed E-state index contributed by atoms with van der Waals surface area (Å²) in [5.41, 5.74) is 2.57. The molecule has 0 aromatic carbocycles. The Hall–Kier alpha value is -1.76. The molecular weight excluding hydrogens is 302 g/mol. The number of ether oxygens (including phenoxy) is 1. The molecule has 0 radical (unpaired) electrons. The third-order valence-corrected chi connectivity index (χ3v) is 4.33. The second-order valence-electron chi connectivity index (χ2n) is 6.77. The van der Waals surface area contributed by atoms with Crippen LogP contribution in [0.15, 0.2) is 36.8 Å². The minimum Gasteiger partial charge on any atom is -0.380 e. The summed E-state index contributed by atoms with van der Waals surface area (Å²) in [7, 11) is 4.14. The molecule has 0 amide bonds. The first-order valence-electron chi connectivity index (χ1n) is 8.55. The summed E-state index contributed by atoms with van der Waals surface area (Å²) in [6, 6.07) is 6.30. The molecule has 24 heavy (non-hydrogen) atoms. The Kier molecular flexibility index (Phi) is 5.96. The van der Waals surface area contributed by atoms with E-state index in [9.17, 15) is 0 Å². The van der Waals surface area contributed by atoms with Gasteiger partial charge in [0.05, 0.1) is 18.9 Å². The molecule has 0 spiro atoms. The molecule has 3 rings (SSSR count). The zero-order valence-electron chi connectivity index (χ0n) is 14.6. The lowest BCUT2D eigenvalue weighted by atomic mass is 10.1. The van der Waals surface area contributed by atoms with E-state index in [4.69, 9.17) is 4.74 Å². The van der Waals surface area contributed by atoms with E-state index in [1.807, 2.05) is 18.6 Å². The van der Waals surface area contributed by atoms with Crippen LogP contribution < -0.4 is 0 Å². The lowest BCUT2D eigenvalue weighted by molar-refractivity contribution is 0.0673. The van der Waals surface area contributed by atoms with Crippen LogP contribution in [0.4, 0.5) is 0 Å². The predicted molar refractivity (Wildman–Crippen MR) is 93.4 cm³/mol. The standard InChI is InChI=1S/C18H27N5O/c1-21(2)9-10-24-15-17-12-22(11-16-3-6-19-7-4-16)14-18-5-8-20-23(18)13-17/h3-8,17H,9-15H2,1-2H3. The van der Waals surface area contributed by atoms with Gasteiger partial charge >= 0.3 is 0 Å². The van der Waals surface area contributed by atoms with Gasteiger partial charge in [0, 0.05) is 57.2 Å². The zero-order chi connectivity index (χ0) is 16.8. The van der Waals surface area contributed by atoms with E-state index in [-0.39, 0.29) is 0 Å². The van der Waals surface area contributed by atoms with Crippen molar-refractivity contribution < 1.29 is 4.74 Å². The van der Waals surface area contributed by atoms with Crippen molar-refractivity contribution >= 4 is 0 Å². The maximum absolute atomic E-state index is 5.91. The van der Waals surface area contributed by atoms with E-state index < -0.39 is 0 Å². The van der Waals surface area contributed by atoms with E-state index in [1.54, 1.807) is 0 Å². The van der Waals surface area contributed by atoms with Crippen LogP contribution >= 0.6 is 0 Å². The van der Waals surface area contributed by atoms with Crippen molar-refractivity contribution in [2.75, 3.05) is 40.4 Å². The first kappa shape index (κ1) is 17.1. The number of pyridine rings is 1. The topological polar surface area (TPSA) is 46.4 Å². The van der Waals surface area contributed by atoms with Crippen molar-refractivity contribution in [2.24, 2.45) is 5.92 Å². The number of hydrogen-bond acceptors (Lipinski definition) is 5. The molecule has 2 aromatic rings. The van der Waals surface area contributed by atoms with Crippen LogP contribution in [0.25, 0.3) is 0 Å². The fraction of sp³-hybridized carbons (Fsp3) is 0.556. The summed E-state index contributed by atoms with van der Waals surface area (Å²) in [5.74, 6) is 0.454. The number of aromatic nitrogens is 3. The van der Waals surface area contributed by atoms with Gasteiger partial charge in [-0.3, -0.25) is 14.6 Å². The Balaban J connectivity index is 1.62. The van der Waals surface area contributed by atoms with Crippen molar-refractivity contribution in [3.05, 3.63) is 48.0 Å². The van der Waals surface area contributed by atoms with Crippen LogP contribution in [-0.4, -0.2) is 65.0 Å². The highest BCUT2D eigenvalue weighted by Crippen LogP contribution is 2.18. The van der Waals surface area contributed by atoms with Gasteiger partial charge in [-0.15, -0.1) is 0 Å². The van der Waals surface area contributed by atoms with Crippen LogP contribution in [0, 0.1) is 5.92 Å². The lowest BCUT2D eigenvalue weighted by Crippen LogP contribution is -2.30. The number of rotatable bonds is 7. The van der Waals surface area contributed by atoms with Gasteiger partial charge in [0.15, 0.2) is 0 Å². The molecule has 1 aliphatic rings. The van der Waals surface area contributed by atoms with Gasteiger partial charge in [0.1, 0.15) is 0 Å². The average molecular weight is 329 g/mol.